The Balaban J connectivity index is 1.61. The van der Waals surface area contributed by atoms with Crippen LogP contribution in [0.5, 0.6) is 0 Å². The molecule has 0 amide bonds. The molecule has 4 aliphatic carbocycles. The molecule has 0 bridgehead atoms. The van der Waals surface area contributed by atoms with Gasteiger partial charge in [0.05, 0.1) is 12.2 Å². The predicted molar refractivity (Wildman–Crippen MR) is 118 cm³/mol. The van der Waals surface area contributed by atoms with Gasteiger partial charge in [-0.05, 0) is 104 Å². The topological polar surface area (TPSA) is 77.8 Å². The molecule has 0 aromatic rings. The summed E-state index contributed by atoms with van der Waals surface area (Å²) in [6.07, 6.45) is 9.27. The number of carboxylic acids is 1. The quantitative estimate of drug-likeness (QED) is 0.577. The van der Waals surface area contributed by atoms with E-state index in [0.29, 0.717) is 41.4 Å². The third-order valence-electron chi connectivity index (χ3n) is 11.0. The molecule has 0 saturated heterocycles. The van der Waals surface area contributed by atoms with Crippen LogP contribution in [0, 0.1) is 52.3 Å². The first-order valence-corrected chi connectivity index (χ1v) is 12.7. The maximum atomic E-state index is 11.7. The normalized spacial score (nSPS) is 51.5. The Morgan fingerprint density at radius 1 is 1.00 bits per heavy atom. The van der Waals surface area contributed by atoms with Gasteiger partial charge in [-0.3, -0.25) is 4.79 Å². The molecule has 4 saturated carbocycles. The lowest BCUT2D eigenvalue weighted by atomic mass is 9.41. The van der Waals surface area contributed by atoms with Crippen molar-refractivity contribution < 1.29 is 20.1 Å². The van der Waals surface area contributed by atoms with Crippen LogP contribution in [-0.4, -0.2) is 33.5 Å². The van der Waals surface area contributed by atoms with Crippen LogP contribution in [0.3, 0.4) is 0 Å². The van der Waals surface area contributed by atoms with Gasteiger partial charge >= 0.3 is 5.97 Å². The van der Waals surface area contributed by atoms with Crippen LogP contribution in [0.1, 0.15) is 91.9 Å². The van der Waals surface area contributed by atoms with Crippen molar-refractivity contribution in [3.05, 3.63) is 0 Å². The Kier molecular flexibility index (Phi) is 6.07. The lowest BCUT2D eigenvalue weighted by molar-refractivity contribution is -0.203. The predicted octanol–water partition coefficient (Wildman–Crippen LogP) is 5.11. The second-order valence-electron chi connectivity index (χ2n) is 12.0. The summed E-state index contributed by atoms with van der Waals surface area (Å²) in [6.45, 7) is 9.44. The molecule has 0 radical (unpaired) electrons. The van der Waals surface area contributed by atoms with Crippen LogP contribution in [0.15, 0.2) is 0 Å². The average Bonchev–Trinajstić information content (AvgIpc) is 3.05. The van der Waals surface area contributed by atoms with Gasteiger partial charge in [-0.2, -0.15) is 0 Å². The van der Waals surface area contributed by atoms with Gasteiger partial charge in [-0.25, -0.2) is 0 Å². The van der Waals surface area contributed by atoms with Crippen molar-refractivity contribution in [3.8, 4) is 0 Å². The van der Waals surface area contributed by atoms with E-state index in [1.807, 2.05) is 0 Å². The molecule has 30 heavy (non-hydrogen) atoms. The van der Waals surface area contributed by atoms with Crippen molar-refractivity contribution in [3.63, 3.8) is 0 Å². The summed E-state index contributed by atoms with van der Waals surface area (Å²) in [5.41, 5.74) is 0.480. The number of hydrogen-bond acceptors (Lipinski definition) is 3. The van der Waals surface area contributed by atoms with Gasteiger partial charge in [-0.1, -0.05) is 34.1 Å². The second kappa shape index (κ2) is 8.06. The van der Waals surface area contributed by atoms with Gasteiger partial charge in [0, 0.05) is 6.42 Å². The molecular formula is C26H44O4. The summed E-state index contributed by atoms with van der Waals surface area (Å²) in [7, 11) is 0. The fourth-order valence-corrected chi connectivity index (χ4v) is 9.48. The molecule has 4 fully saturated rings. The summed E-state index contributed by atoms with van der Waals surface area (Å²) in [6, 6.07) is 0. The van der Waals surface area contributed by atoms with E-state index in [1.165, 1.54) is 25.7 Å². The largest absolute Gasteiger partial charge is 0.481 e. The van der Waals surface area contributed by atoms with Crippen molar-refractivity contribution in [2.75, 3.05) is 0 Å². The first-order chi connectivity index (χ1) is 14.1. The Morgan fingerprint density at radius 2 is 1.67 bits per heavy atom. The summed E-state index contributed by atoms with van der Waals surface area (Å²) in [5.74, 6) is 2.58. The molecule has 4 nitrogen and oxygen atoms in total. The Hall–Kier alpha value is -0.610. The van der Waals surface area contributed by atoms with Crippen LogP contribution in [0.4, 0.5) is 0 Å². The molecule has 0 aromatic carbocycles. The molecule has 0 spiro atoms. The van der Waals surface area contributed by atoms with E-state index in [9.17, 15) is 15.0 Å². The summed E-state index contributed by atoms with van der Waals surface area (Å²) < 4.78 is 0. The van der Waals surface area contributed by atoms with E-state index in [1.54, 1.807) is 0 Å². The minimum absolute atomic E-state index is 0.194. The SMILES string of the molecule is CC[C@@H]1C2C[C@H](O)CCC2(C)C2CC[C@@]3(C)C(CCC3[C@H](C)CCC(=O)O)C2[C@@H]1O. The summed E-state index contributed by atoms with van der Waals surface area (Å²) in [5, 5.41) is 31.3. The van der Waals surface area contributed by atoms with Crippen LogP contribution in [0.2, 0.25) is 0 Å². The van der Waals surface area contributed by atoms with Crippen molar-refractivity contribution >= 4 is 5.97 Å². The highest BCUT2D eigenvalue weighted by Gasteiger charge is 2.64. The van der Waals surface area contributed by atoms with E-state index < -0.39 is 5.97 Å². The number of fused-ring (bicyclic) bond motifs is 5. The zero-order valence-electron chi connectivity index (χ0n) is 19.5. The molecular weight excluding hydrogens is 376 g/mol. The van der Waals surface area contributed by atoms with Gasteiger partial charge < -0.3 is 15.3 Å². The summed E-state index contributed by atoms with van der Waals surface area (Å²) >= 11 is 0. The maximum Gasteiger partial charge on any atom is 0.303 e. The average molecular weight is 421 g/mol. The number of hydrogen-bond donors (Lipinski definition) is 3. The molecule has 4 heteroatoms. The zero-order chi connectivity index (χ0) is 21.8. The number of carbonyl (C=O) groups is 1. The van der Waals surface area contributed by atoms with E-state index in [0.717, 1.165) is 32.1 Å². The van der Waals surface area contributed by atoms with Crippen molar-refractivity contribution in [2.24, 2.45) is 52.3 Å². The van der Waals surface area contributed by atoms with Gasteiger partial charge in [0.1, 0.15) is 0 Å². The molecule has 4 rings (SSSR count). The van der Waals surface area contributed by atoms with Crippen LogP contribution in [0.25, 0.3) is 0 Å². The lowest BCUT2D eigenvalue weighted by Crippen LogP contribution is -2.62. The number of rotatable bonds is 5. The number of aliphatic hydroxyl groups is 2. The van der Waals surface area contributed by atoms with Crippen molar-refractivity contribution in [2.45, 2.75) is 104 Å². The Labute approximate surface area is 182 Å². The Morgan fingerprint density at radius 3 is 2.33 bits per heavy atom. The van der Waals surface area contributed by atoms with Crippen LogP contribution < -0.4 is 0 Å². The van der Waals surface area contributed by atoms with Crippen LogP contribution in [-0.2, 0) is 4.79 Å². The molecule has 0 heterocycles. The van der Waals surface area contributed by atoms with Gasteiger partial charge in [0.15, 0.2) is 0 Å². The monoisotopic (exact) mass is 420 g/mol. The smallest absolute Gasteiger partial charge is 0.303 e. The van der Waals surface area contributed by atoms with Gasteiger partial charge in [-0.15, -0.1) is 0 Å². The number of aliphatic hydroxyl groups excluding tert-OH is 2. The van der Waals surface area contributed by atoms with E-state index in [-0.39, 0.29) is 29.5 Å². The molecule has 11 atom stereocenters. The van der Waals surface area contributed by atoms with Crippen molar-refractivity contribution in [1.29, 1.82) is 0 Å². The molecule has 0 aromatic heterocycles. The Bertz CT molecular complexity index is 649. The second-order valence-corrected chi connectivity index (χ2v) is 12.0. The highest BCUT2D eigenvalue weighted by molar-refractivity contribution is 5.66. The standard InChI is InChI=1S/C26H44O4/c1-5-17-21-14-16(27)10-12-26(21,4)20-11-13-25(3)18(15(2)6-9-22(28)29)7-8-19(25)23(20)24(17)30/h15-21,23-24,27,30H,5-14H2,1-4H3,(H,28,29)/t15-,16-,17-,18?,19?,20?,21?,23?,24-,25-,26?/m1/s1. The molecule has 0 aliphatic heterocycles. The molecule has 3 N–H and O–H groups in total. The van der Waals surface area contributed by atoms with E-state index in [2.05, 4.69) is 27.7 Å². The maximum absolute atomic E-state index is 11.7. The summed E-state index contributed by atoms with van der Waals surface area (Å²) in [4.78, 5) is 11.1. The molecule has 172 valence electrons. The van der Waals surface area contributed by atoms with E-state index >= 15 is 0 Å². The van der Waals surface area contributed by atoms with Gasteiger partial charge in [0.25, 0.3) is 0 Å². The first kappa shape index (κ1) is 22.6. The first-order valence-electron chi connectivity index (χ1n) is 12.7. The van der Waals surface area contributed by atoms with Crippen molar-refractivity contribution in [1.82, 2.24) is 0 Å². The van der Waals surface area contributed by atoms with Gasteiger partial charge in [0.2, 0.25) is 0 Å². The fraction of sp³-hybridized carbons (Fsp3) is 0.962. The molecule has 6 unspecified atom stereocenters. The minimum Gasteiger partial charge on any atom is -0.481 e. The fourth-order valence-electron chi connectivity index (χ4n) is 9.48. The zero-order valence-corrected chi connectivity index (χ0v) is 19.5. The molecule has 4 aliphatic rings. The van der Waals surface area contributed by atoms with Crippen LogP contribution >= 0.6 is 0 Å². The number of carboxylic acid groups (broad SMARTS) is 1. The highest BCUT2D eigenvalue weighted by atomic mass is 16.4. The third-order valence-corrected chi connectivity index (χ3v) is 11.0. The lowest BCUT2D eigenvalue weighted by Gasteiger charge is -2.64. The third kappa shape index (κ3) is 3.36. The minimum atomic E-state index is -0.683. The highest BCUT2D eigenvalue weighted by Crippen LogP contribution is 2.69. The number of aliphatic carboxylic acids is 1. The van der Waals surface area contributed by atoms with E-state index in [4.69, 9.17) is 5.11 Å².